The molecule has 2 aliphatic rings. The second-order valence-corrected chi connectivity index (χ2v) is 9.38. The average molecular weight is 460 g/mol. The predicted octanol–water partition coefficient (Wildman–Crippen LogP) is 2.79. The van der Waals surface area contributed by atoms with Crippen molar-refractivity contribution in [3.8, 4) is 12.1 Å². The number of rotatable bonds is 8. The summed E-state index contributed by atoms with van der Waals surface area (Å²) in [6.07, 6.45) is 6.32. The Hall–Kier alpha value is -3.69. The van der Waals surface area contributed by atoms with E-state index in [-0.39, 0.29) is 35.2 Å². The highest BCUT2D eigenvalue weighted by Crippen LogP contribution is 2.42. The molecule has 1 aromatic carbocycles. The topological polar surface area (TPSA) is 150 Å². The number of nitrogens with one attached hydrogen (secondary N) is 2. The van der Waals surface area contributed by atoms with E-state index in [9.17, 15) is 14.9 Å². The minimum atomic E-state index is -0.658. The number of nitrogens with zero attached hydrogens (tertiary/aromatic N) is 4. The molecule has 2 fully saturated rings. The van der Waals surface area contributed by atoms with Gasteiger partial charge in [-0.15, -0.1) is 0 Å². The number of amides is 2. The molecule has 0 spiro atoms. The molecule has 1 unspecified atom stereocenters. The lowest BCUT2D eigenvalue weighted by Gasteiger charge is -2.42. The Morgan fingerprint density at radius 2 is 1.88 bits per heavy atom. The van der Waals surface area contributed by atoms with Crippen molar-refractivity contribution < 1.29 is 9.59 Å². The third-order valence-corrected chi connectivity index (χ3v) is 7.15. The van der Waals surface area contributed by atoms with Crippen LogP contribution in [0.5, 0.6) is 0 Å². The number of aromatic nitrogens is 2. The Morgan fingerprint density at radius 3 is 2.44 bits per heavy atom. The summed E-state index contributed by atoms with van der Waals surface area (Å²) >= 11 is 0. The van der Waals surface area contributed by atoms with Gasteiger partial charge < -0.3 is 16.4 Å². The summed E-state index contributed by atoms with van der Waals surface area (Å²) in [7, 11) is 0. The molecule has 0 radical (unpaired) electrons. The van der Waals surface area contributed by atoms with Crippen LogP contribution in [0.1, 0.15) is 66.9 Å². The molecule has 4 N–H and O–H groups in total. The van der Waals surface area contributed by atoms with Crippen LogP contribution in [-0.4, -0.2) is 27.6 Å². The molecular weight excluding hydrogens is 430 g/mol. The molecule has 1 aromatic heterocycles. The molecule has 0 bridgehead atoms. The Kier molecular flexibility index (Phi) is 6.67. The van der Waals surface area contributed by atoms with Gasteiger partial charge in [0, 0.05) is 24.7 Å². The van der Waals surface area contributed by atoms with Crippen molar-refractivity contribution >= 4 is 17.6 Å². The van der Waals surface area contributed by atoms with E-state index >= 15 is 0 Å². The zero-order valence-corrected chi connectivity index (χ0v) is 19.3. The molecule has 0 aliphatic heterocycles. The first kappa shape index (κ1) is 23.5. The number of benzene rings is 1. The first-order valence-electron chi connectivity index (χ1n) is 11.7. The highest BCUT2D eigenvalue weighted by atomic mass is 16.2. The standard InChI is InChI=1S/C25H29N7O2/c1-16(12-26)25(32-15-21(22(28)33)23(31-32)30-24(34)19-6-7-19)10-8-20(9-11-25)29-14-18-4-2-17(13-27)3-5-18/h2-5,15-16,19-20,29H,6-11,14H2,1H3,(H2,28,33)(H,30,31,34). The first-order valence-corrected chi connectivity index (χ1v) is 11.7. The van der Waals surface area contributed by atoms with Crippen LogP contribution < -0.4 is 16.4 Å². The summed E-state index contributed by atoms with van der Waals surface area (Å²) in [6, 6.07) is 12.3. The molecule has 176 valence electrons. The lowest BCUT2D eigenvalue weighted by molar-refractivity contribution is -0.117. The summed E-state index contributed by atoms with van der Waals surface area (Å²) in [5.74, 6) is -1.01. The van der Waals surface area contributed by atoms with Gasteiger partial charge in [0.1, 0.15) is 5.56 Å². The number of anilines is 1. The number of nitrogens with two attached hydrogens (primary N) is 1. The van der Waals surface area contributed by atoms with E-state index in [1.54, 1.807) is 10.9 Å². The van der Waals surface area contributed by atoms with E-state index in [0.717, 1.165) is 31.2 Å². The van der Waals surface area contributed by atoms with E-state index in [2.05, 4.69) is 27.9 Å². The van der Waals surface area contributed by atoms with Crippen molar-refractivity contribution in [1.82, 2.24) is 15.1 Å². The van der Waals surface area contributed by atoms with Crippen molar-refractivity contribution in [2.24, 2.45) is 17.6 Å². The van der Waals surface area contributed by atoms with Crippen LogP contribution in [0.3, 0.4) is 0 Å². The molecule has 4 rings (SSSR count). The maximum absolute atomic E-state index is 12.3. The van der Waals surface area contributed by atoms with Crippen LogP contribution in [0.15, 0.2) is 30.5 Å². The van der Waals surface area contributed by atoms with Crippen LogP contribution in [0.4, 0.5) is 5.82 Å². The van der Waals surface area contributed by atoms with E-state index in [1.807, 2.05) is 31.2 Å². The molecule has 1 atom stereocenters. The summed E-state index contributed by atoms with van der Waals surface area (Å²) in [5.41, 5.74) is 6.90. The molecule has 2 aromatic rings. The first-order chi connectivity index (χ1) is 16.4. The maximum Gasteiger partial charge on any atom is 0.254 e. The smallest absolute Gasteiger partial charge is 0.254 e. The molecule has 1 heterocycles. The van der Waals surface area contributed by atoms with Crippen LogP contribution in [-0.2, 0) is 16.9 Å². The molecule has 2 aliphatic carbocycles. The second-order valence-electron chi connectivity index (χ2n) is 9.38. The molecule has 2 amide bonds. The van der Waals surface area contributed by atoms with Gasteiger partial charge in [-0.2, -0.15) is 15.6 Å². The Labute approximate surface area is 198 Å². The highest BCUT2D eigenvalue weighted by molar-refractivity contribution is 6.02. The van der Waals surface area contributed by atoms with E-state index in [1.165, 1.54) is 0 Å². The van der Waals surface area contributed by atoms with Gasteiger partial charge in [-0.25, -0.2) is 0 Å². The zero-order valence-electron chi connectivity index (χ0n) is 19.3. The molecule has 34 heavy (non-hydrogen) atoms. The number of nitriles is 2. The number of carbonyl (C=O) groups excluding carboxylic acids is 2. The van der Waals surface area contributed by atoms with Gasteiger partial charge in [0.05, 0.1) is 29.2 Å². The number of primary amides is 1. The van der Waals surface area contributed by atoms with Crippen LogP contribution in [0.25, 0.3) is 0 Å². The lowest BCUT2D eigenvalue weighted by Crippen LogP contribution is -2.47. The summed E-state index contributed by atoms with van der Waals surface area (Å²) in [4.78, 5) is 24.3. The zero-order chi connectivity index (χ0) is 24.3. The minimum absolute atomic E-state index is 0.0320. The summed E-state index contributed by atoms with van der Waals surface area (Å²) < 4.78 is 1.69. The van der Waals surface area contributed by atoms with Gasteiger partial charge in [-0.05, 0) is 63.1 Å². The molecule has 9 heteroatoms. The van der Waals surface area contributed by atoms with Crippen molar-refractivity contribution in [3.63, 3.8) is 0 Å². The van der Waals surface area contributed by atoms with Crippen molar-refractivity contribution in [2.45, 2.75) is 63.6 Å². The number of hydrogen-bond donors (Lipinski definition) is 3. The van der Waals surface area contributed by atoms with Crippen molar-refractivity contribution in [2.75, 3.05) is 5.32 Å². The van der Waals surface area contributed by atoms with Crippen LogP contribution >= 0.6 is 0 Å². The number of hydrogen-bond acceptors (Lipinski definition) is 6. The molecular formula is C25H29N7O2. The van der Waals surface area contributed by atoms with Gasteiger partial charge in [0.2, 0.25) is 5.91 Å². The van der Waals surface area contributed by atoms with Gasteiger partial charge >= 0.3 is 0 Å². The van der Waals surface area contributed by atoms with Crippen molar-refractivity contribution in [1.29, 1.82) is 10.5 Å². The SMILES string of the molecule is CC(C#N)C1(n2cc(C(N)=O)c(NC(=O)C3CC3)n2)CCC(NCc2ccc(C#N)cc2)CC1. The van der Waals surface area contributed by atoms with Gasteiger partial charge in [-0.3, -0.25) is 14.3 Å². The molecule has 0 saturated heterocycles. The van der Waals surface area contributed by atoms with E-state index < -0.39 is 11.4 Å². The predicted molar refractivity (Wildman–Crippen MR) is 125 cm³/mol. The second kappa shape index (κ2) is 9.66. The number of carbonyl (C=O) groups is 2. The Morgan fingerprint density at radius 1 is 1.21 bits per heavy atom. The lowest BCUT2D eigenvalue weighted by atomic mass is 9.72. The van der Waals surface area contributed by atoms with Gasteiger partial charge in [0.25, 0.3) is 5.91 Å². The van der Waals surface area contributed by atoms with Crippen molar-refractivity contribution in [3.05, 3.63) is 47.2 Å². The fraction of sp³-hybridized carbons (Fsp3) is 0.480. The molecule has 9 nitrogen and oxygen atoms in total. The van der Waals surface area contributed by atoms with E-state index in [4.69, 9.17) is 11.0 Å². The third-order valence-electron chi connectivity index (χ3n) is 7.15. The van der Waals surface area contributed by atoms with Crippen LogP contribution in [0, 0.1) is 34.5 Å². The normalized spacial score (nSPS) is 22.9. The maximum atomic E-state index is 12.3. The monoisotopic (exact) mass is 459 g/mol. The molecule has 2 saturated carbocycles. The van der Waals surface area contributed by atoms with Gasteiger partial charge in [0.15, 0.2) is 5.82 Å². The third kappa shape index (κ3) is 4.80. The fourth-order valence-corrected chi connectivity index (χ4v) is 4.70. The summed E-state index contributed by atoms with van der Waals surface area (Å²) in [5, 5.41) is 29.6. The summed E-state index contributed by atoms with van der Waals surface area (Å²) in [6.45, 7) is 2.57. The largest absolute Gasteiger partial charge is 0.365 e. The highest BCUT2D eigenvalue weighted by Gasteiger charge is 2.43. The minimum Gasteiger partial charge on any atom is -0.365 e. The van der Waals surface area contributed by atoms with Crippen LogP contribution in [0.2, 0.25) is 0 Å². The van der Waals surface area contributed by atoms with E-state index in [0.29, 0.717) is 24.9 Å². The van der Waals surface area contributed by atoms with Gasteiger partial charge in [-0.1, -0.05) is 12.1 Å². The fourth-order valence-electron chi connectivity index (χ4n) is 4.70. The average Bonchev–Trinajstić information content (AvgIpc) is 3.63. The quantitative estimate of drug-likeness (QED) is 0.552. The Balaban J connectivity index is 1.48. The Bertz CT molecular complexity index is 1140.